The summed E-state index contributed by atoms with van der Waals surface area (Å²) >= 11 is 0. The number of aryl methyl sites for hydroxylation is 1. The standard InChI is InChI=1S/C16H17NO2.C5H9NO2/c18-16(19)15(17-14-9-5-2-6-10-14)12-11-13-7-3-1-4-8-13;7-5(8)4-2-1-3-6-4/h1-10,15,17H,11-12H2,(H,18,19);4,6H,1-3H2,(H,7,8)/t15-;4-/m00/s1. The fourth-order valence-electron chi connectivity index (χ4n) is 2.84. The van der Waals surface area contributed by atoms with E-state index in [4.69, 9.17) is 5.11 Å². The van der Waals surface area contributed by atoms with E-state index in [0.29, 0.717) is 6.42 Å². The van der Waals surface area contributed by atoms with Crippen LogP contribution in [0.4, 0.5) is 5.69 Å². The Kier molecular flexibility index (Phi) is 8.32. The molecule has 1 heterocycles. The summed E-state index contributed by atoms with van der Waals surface area (Å²) < 4.78 is 0. The third-order valence-corrected chi connectivity index (χ3v) is 4.34. The first-order valence-corrected chi connectivity index (χ1v) is 9.11. The Labute approximate surface area is 159 Å². The molecule has 27 heavy (non-hydrogen) atoms. The lowest BCUT2D eigenvalue weighted by atomic mass is 10.1. The highest BCUT2D eigenvalue weighted by molar-refractivity contribution is 5.77. The van der Waals surface area contributed by atoms with Gasteiger partial charge in [0, 0.05) is 5.69 Å². The van der Waals surface area contributed by atoms with Crippen LogP contribution in [0.5, 0.6) is 0 Å². The van der Waals surface area contributed by atoms with Crippen LogP contribution in [0, 0.1) is 0 Å². The maximum atomic E-state index is 11.3. The number of carbonyl (C=O) groups is 2. The van der Waals surface area contributed by atoms with Crippen LogP contribution in [0.1, 0.15) is 24.8 Å². The predicted molar refractivity (Wildman–Crippen MR) is 105 cm³/mol. The van der Waals surface area contributed by atoms with E-state index in [1.807, 2.05) is 60.7 Å². The molecule has 4 N–H and O–H groups in total. The van der Waals surface area contributed by atoms with Gasteiger partial charge < -0.3 is 20.8 Å². The minimum Gasteiger partial charge on any atom is -0.480 e. The molecule has 0 unspecified atom stereocenters. The van der Waals surface area contributed by atoms with Crippen molar-refractivity contribution in [2.45, 2.75) is 37.8 Å². The quantitative estimate of drug-likeness (QED) is 0.598. The van der Waals surface area contributed by atoms with Gasteiger partial charge in [0.1, 0.15) is 12.1 Å². The van der Waals surface area contributed by atoms with Gasteiger partial charge in [-0.25, -0.2) is 4.79 Å². The molecule has 2 aromatic carbocycles. The zero-order valence-corrected chi connectivity index (χ0v) is 15.2. The van der Waals surface area contributed by atoms with Crippen LogP contribution in [0.3, 0.4) is 0 Å². The lowest BCUT2D eigenvalue weighted by molar-refractivity contribution is -0.139. The summed E-state index contributed by atoms with van der Waals surface area (Å²) in [6, 6.07) is 18.5. The van der Waals surface area contributed by atoms with Crippen molar-refractivity contribution < 1.29 is 19.8 Å². The summed E-state index contributed by atoms with van der Waals surface area (Å²) in [6.07, 6.45) is 3.10. The number of benzene rings is 2. The number of rotatable bonds is 7. The largest absolute Gasteiger partial charge is 0.480 e. The van der Waals surface area contributed by atoms with E-state index in [2.05, 4.69) is 10.6 Å². The van der Waals surface area contributed by atoms with Gasteiger partial charge >= 0.3 is 11.9 Å². The highest BCUT2D eigenvalue weighted by atomic mass is 16.4. The molecule has 2 atom stereocenters. The Morgan fingerprint density at radius 2 is 1.67 bits per heavy atom. The van der Waals surface area contributed by atoms with E-state index < -0.39 is 18.0 Å². The molecule has 0 spiro atoms. The minimum absolute atomic E-state index is 0.269. The number of nitrogens with one attached hydrogen (secondary N) is 2. The Morgan fingerprint density at radius 3 is 2.15 bits per heavy atom. The van der Waals surface area contributed by atoms with Crippen LogP contribution < -0.4 is 10.6 Å². The van der Waals surface area contributed by atoms with Gasteiger partial charge in [-0.2, -0.15) is 0 Å². The highest BCUT2D eigenvalue weighted by Crippen LogP contribution is 2.12. The molecule has 1 aliphatic rings. The average Bonchev–Trinajstić information content (AvgIpc) is 3.22. The third kappa shape index (κ3) is 7.50. The number of anilines is 1. The molecule has 0 bridgehead atoms. The predicted octanol–water partition coefficient (Wildman–Crippen LogP) is 3.01. The normalized spacial score (nSPS) is 16.7. The summed E-state index contributed by atoms with van der Waals surface area (Å²) in [7, 11) is 0. The minimum atomic E-state index is -0.820. The van der Waals surface area contributed by atoms with Crippen molar-refractivity contribution in [2.24, 2.45) is 0 Å². The van der Waals surface area contributed by atoms with Crippen molar-refractivity contribution in [3.8, 4) is 0 Å². The van der Waals surface area contributed by atoms with Crippen LogP contribution in [0.25, 0.3) is 0 Å². The van der Waals surface area contributed by atoms with E-state index in [0.717, 1.165) is 37.1 Å². The molecule has 0 aliphatic carbocycles. The van der Waals surface area contributed by atoms with E-state index in [1.165, 1.54) is 0 Å². The maximum Gasteiger partial charge on any atom is 0.326 e. The Hall–Kier alpha value is -2.86. The summed E-state index contributed by atoms with van der Waals surface area (Å²) in [5.74, 6) is -1.54. The molecular formula is C21H26N2O4. The second kappa shape index (κ2) is 11.0. The monoisotopic (exact) mass is 370 g/mol. The van der Waals surface area contributed by atoms with Crippen LogP contribution >= 0.6 is 0 Å². The van der Waals surface area contributed by atoms with E-state index in [-0.39, 0.29) is 6.04 Å². The Morgan fingerprint density at radius 1 is 1.04 bits per heavy atom. The SMILES string of the molecule is O=C(O)[C@@H]1CCCN1.O=C(O)[C@H](CCc1ccccc1)Nc1ccccc1. The van der Waals surface area contributed by atoms with Crippen molar-refractivity contribution in [3.05, 3.63) is 66.2 Å². The first-order chi connectivity index (χ1) is 13.1. The molecule has 6 heteroatoms. The molecule has 2 aromatic rings. The van der Waals surface area contributed by atoms with Gasteiger partial charge in [0.25, 0.3) is 0 Å². The average molecular weight is 370 g/mol. The second-order valence-corrected chi connectivity index (χ2v) is 6.41. The van der Waals surface area contributed by atoms with Crippen molar-refractivity contribution >= 4 is 17.6 Å². The summed E-state index contributed by atoms with van der Waals surface area (Å²) in [5.41, 5.74) is 1.99. The number of aliphatic carboxylic acids is 2. The molecule has 144 valence electrons. The molecule has 0 saturated carbocycles. The maximum absolute atomic E-state index is 11.3. The molecule has 3 rings (SSSR count). The van der Waals surface area contributed by atoms with Crippen LogP contribution in [0.15, 0.2) is 60.7 Å². The van der Waals surface area contributed by atoms with Crippen molar-refractivity contribution in [3.63, 3.8) is 0 Å². The molecule has 1 fully saturated rings. The van der Waals surface area contributed by atoms with Crippen molar-refractivity contribution in [1.29, 1.82) is 0 Å². The Bertz CT molecular complexity index is 701. The highest BCUT2D eigenvalue weighted by Gasteiger charge is 2.20. The number of carboxylic acid groups (broad SMARTS) is 2. The molecule has 0 amide bonds. The van der Waals surface area contributed by atoms with Gasteiger partial charge in [0.2, 0.25) is 0 Å². The van der Waals surface area contributed by atoms with Gasteiger partial charge in [-0.1, -0.05) is 48.5 Å². The van der Waals surface area contributed by atoms with Gasteiger partial charge in [-0.05, 0) is 49.9 Å². The van der Waals surface area contributed by atoms with Crippen LogP contribution in [-0.2, 0) is 16.0 Å². The zero-order valence-electron chi connectivity index (χ0n) is 15.2. The third-order valence-electron chi connectivity index (χ3n) is 4.34. The van der Waals surface area contributed by atoms with Crippen molar-refractivity contribution in [2.75, 3.05) is 11.9 Å². The molecule has 1 aliphatic heterocycles. The fraction of sp³-hybridized carbons (Fsp3) is 0.333. The number of hydrogen-bond donors (Lipinski definition) is 4. The lowest BCUT2D eigenvalue weighted by Gasteiger charge is -2.15. The lowest BCUT2D eigenvalue weighted by Crippen LogP contribution is -2.29. The van der Waals surface area contributed by atoms with Crippen LogP contribution in [-0.4, -0.2) is 40.8 Å². The number of para-hydroxylation sites is 1. The smallest absolute Gasteiger partial charge is 0.326 e. The van der Waals surface area contributed by atoms with Gasteiger partial charge in [0.05, 0.1) is 0 Å². The fourth-order valence-corrected chi connectivity index (χ4v) is 2.84. The zero-order chi connectivity index (χ0) is 19.5. The number of carboxylic acids is 2. The first kappa shape index (κ1) is 20.5. The van der Waals surface area contributed by atoms with E-state index in [1.54, 1.807) is 0 Å². The Balaban J connectivity index is 0.000000273. The molecular weight excluding hydrogens is 344 g/mol. The molecule has 1 saturated heterocycles. The van der Waals surface area contributed by atoms with Crippen molar-refractivity contribution in [1.82, 2.24) is 5.32 Å². The van der Waals surface area contributed by atoms with E-state index >= 15 is 0 Å². The second-order valence-electron chi connectivity index (χ2n) is 6.41. The van der Waals surface area contributed by atoms with Crippen LogP contribution in [0.2, 0.25) is 0 Å². The van der Waals surface area contributed by atoms with Gasteiger partial charge in [0.15, 0.2) is 0 Å². The first-order valence-electron chi connectivity index (χ1n) is 9.11. The van der Waals surface area contributed by atoms with E-state index in [9.17, 15) is 14.7 Å². The summed E-state index contributed by atoms with van der Waals surface area (Å²) in [5, 5.41) is 23.5. The molecule has 0 radical (unpaired) electrons. The summed E-state index contributed by atoms with van der Waals surface area (Å²) in [4.78, 5) is 21.4. The van der Waals surface area contributed by atoms with Gasteiger partial charge in [-0.15, -0.1) is 0 Å². The molecule has 6 nitrogen and oxygen atoms in total. The number of hydrogen-bond acceptors (Lipinski definition) is 4. The summed E-state index contributed by atoms with van der Waals surface area (Å²) in [6.45, 7) is 0.858. The molecule has 0 aromatic heterocycles. The van der Waals surface area contributed by atoms with Gasteiger partial charge in [-0.3, -0.25) is 4.79 Å². The topological polar surface area (TPSA) is 98.7 Å².